The summed E-state index contributed by atoms with van der Waals surface area (Å²) in [6, 6.07) is 28.9. The monoisotopic (exact) mass is 578 g/mol. The van der Waals surface area contributed by atoms with Crippen LogP contribution >= 0.6 is 0 Å². The van der Waals surface area contributed by atoms with Crippen molar-refractivity contribution in [3.05, 3.63) is 113 Å². The van der Waals surface area contributed by atoms with Crippen LogP contribution in [0.5, 0.6) is 0 Å². The number of nitrogens with one attached hydrogen (secondary N) is 2. The number of rotatable bonds is 11. The minimum absolute atomic E-state index is 0.0175. The molecular formula is C37H46N4O2. The van der Waals surface area contributed by atoms with Gasteiger partial charge in [0.05, 0.1) is 6.04 Å². The summed E-state index contributed by atoms with van der Waals surface area (Å²) >= 11 is 0. The molecule has 6 heteroatoms. The van der Waals surface area contributed by atoms with E-state index >= 15 is 0 Å². The Labute approximate surface area is 257 Å². The molecule has 5 rings (SSSR count). The van der Waals surface area contributed by atoms with Gasteiger partial charge in [-0.15, -0.1) is 0 Å². The highest BCUT2D eigenvalue weighted by Gasteiger charge is 2.33. The molecule has 0 aromatic heterocycles. The number of likely N-dealkylation sites (tertiary alicyclic amines) is 1. The van der Waals surface area contributed by atoms with E-state index in [4.69, 9.17) is 0 Å². The number of hydrogen-bond acceptors (Lipinski definition) is 4. The summed E-state index contributed by atoms with van der Waals surface area (Å²) in [6.45, 7) is 6.96. The van der Waals surface area contributed by atoms with Crippen molar-refractivity contribution in [2.75, 3.05) is 39.3 Å². The van der Waals surface area contributed by atoms with Crippen molar-refractivity contribution < 1.29 is 9.59 Å². The summed E-state index contributed by atoms with van der Waals surface area (Å²) in [7, 11) is 0. The first-order valence-corrected chi connectivity index (χ1v) is 15.9. The largest absolute Gasteiger partial charge is 0.351 e. The number of amides is 2. The summed E-state index contributed by atoms with van der Waals surface area (Å²) in [5, 5.41) is 6.75. The molecule has 226 valence electrons. The van der Waals surface area contributed by atoms with Crippen molar-refractivity contribution in [1.29, 1.82) is 0 Å². The van der Waals surface area contributed by atoms with Crippen molar-refractivity contribution in [3.63, 3.8) is 0 Å². The fourth-order valence-corrected chi connectivity index (χ4v) is 6.25. The van der Waals surface area contributed by atoms with Crippen LogP contribution in [0.25, 0.3) is 6.08 Å². The highest BCUT2D eigenvalue weighted by atomic mass is 16.2. The lowest BCUT2D eigenvalue weighted by Crippen LogP contribution is -2.50. The first-order valence-electron chi connectivity index (χ1n) is 15.9. The van der Waals surface area contributed by atoms with Gasteiger partial charge in [-0.05, 0) is 68.5 Å². The van der Waals surface area contributed by atoms with E-state index in [-0.39, 0.29) is 29.8 Å². The molecule has 2 fully saturated rings. The summed E-state index contributed by atoms with van der Waals surface area (Å²) in [4.78, 5) is 31.4. The molecule has 0 radical (unpaired) electrons. The minimum Gasteiger partial charge on any atom is -0.351 e. The van der Waals surface area contributed by atoms with Gasteiger partial charge >= 0.3 is 0 Å². The van der Waals surface area contributed by atoms with E-state index in [0.717, 1.165) is 38.0 Å². The summed E-state index contributed by atoms with van der Waals surface area (Å²) < 4.78 is 0. The van der Waals surface area contributed by atoms with Crippen LogP contribution in [0, 0.1) is 6.92 Å². The second-order valence-corrected chi connectivity index (χ2v) is 12.0. The Balaban J connectivity index is 1.28. The average molecular weight is 579 g/mol. The van der Waals surface area contributed by atoms with Crippen LogP contribution in [-0.2, 0) is 9.59 Å². The Hall–Kier alpha value is -3.74. The Morgan fingerprint density at radius 3 is 2.21 bits per heavy atom. The molecule has 43 heavy (non-hydrogen) atoms. The minimum atomic E-state index is -0.276. The Morgan fingerprint density at radius 2 is 1.56 bits per heavy atom. The second-order valence-electron chi connectivity index (χ2n) is 12.0. The molecule has 0 spiro atoms. The Bertz CT molecular complexity index is 1280. The van der Waals surface area contributed by atoms with Crippen molar-refractivity contribution in [3.8, 4) is 0 Å². The van der Waals surface area contributed by atoms with E-state index in [1.807, 2.05) is 42.5 Å². The third kappa shape index (κ3) is 9.12. The molecule has 2 N–H and O–H groups in total. The second kappa shape index (κ2) is 15.6. The molecule has 3 aromatic rings. The quantitative estimate of drug-likeness (QED) is 0.300. The van der Waals surface area contributed by atoms with Crippen LogP contribution in [0.15, 0.2) is 91.0 Å². The molecular weight excluding hydrogens is 532 g/mol. The predicted octanol–water partition coefficient (Wildman–Crippen LogP) is 5.39. The van der Waals surface area contributed by atoms with Gasteiger partial charge in [0, 0.05) is 44.2 Å². The van der Waals surface area contributed by atoms with E-state index in [2.05, 4.69) is 75.9 Å². The highest BCUT2D eigenvalue weighted by Crippen LogP contribution is 2.27. The molecule has 2 aliphatic heterocycles. The van der Waals surface area contributed by atoms with Gasteiger partial charge in [0.15, 0.2) is 0 Å². The number of carbonyl (C=O) groups excluding carboxylic acids is 2. The van der Waals surface area contributed by atoms with Crippen LogP contribution in [0.1, 0.15) is 60.3 Å². The standard InChI is InChI=1S/C37H46N4O2/c1-29-15-17-30(18-16-29)19-20-36(42)38-27-33-21-26-41(37(43)35(39-33)22-25-40-23-9-4-10-24-40)28-34(31-11-5-2-6-12-31)32-13-7-3-8-14-32/h2-3,5-8,11-20,33-35,39H,4,9-10,21-28H2,1H3,(H,38,42)/t33-,35-/m0/s1. The third-order valence-electron chi connectivity index (χ3n) is 8.81. The molecule has 0 unspecified atom stereocenters. The van der Waals surface area contributed by atoms with Gasteiger partial charge < -0.3 is 20.4 Å². The van der Waals surface area contributed by atoms with Gasteiger partial charge in [-0.25, -0.2) is 0 Å². The van der Waals surface area contributed by atoms with Gasteiger partial charge in [0.2, 0.25) is 11.8 Å². The van der Waals surface area contributed by atoms with Crippen LogP contribution in [0.3, 0.4) is 0 Å². The summed E-state index contributed by atoms with van der Waals surface area (Å²) in [5.74, 6) is 0.145. The van der Waals surface area contributed by atoms with Crippen LogP contribution in [0.4, 0.5) is 0 Å². The molecule has 2 saturated heterocycles. The summed E-state index contributed by atoms with van der Waals surface area (Å²) in [5.41, 5.74) is 4.62. The zero-order valence-corrected chi connectivity index (χ0v) is 25.5. The normalized spacial score (nSPS) is 20.0. The van der Waals surface area contributed by atoms with E-state index in [0.29, 0.717) is 19.6 Å². The van der Waals surface area contributed by atoms with E-state index in [9.17, 15) is 9.59 Å². The maximum atomic E-state index is 14.1. The number of hydrogen-bond donors (Lipinski definition) is 2. The Morgan fingerprint density at radius 1 is 0.907 bits per heavy atom. The van der Waals surface area contributed by atoms with E-state index in [1.54, 1.807) is 6.08 Å². The Kier molecular flexibility index (Phi) is 11.2. The molecule has 6 nitrogen and oxygen atoms in total. The van der Waals surface area contributed by atoms with Gasteiger partial charge in [-0.3, -0.25) is 9.59 Å². The fraction of sp³-hybridized carbons (Fsp3) is 0.405. The van der Waals surface area contributed by atoms with Gasteiger partial charge in [-0.2, -0.15) is 0 Å². The maximum absolute atomic E-state index is 14.1. The smallest absolute Gasteiger partial charge is 0.244 e. The molecule has 3 aromatic carbocycles. The number of aryl methyl sites for hydroxylation is 1. The van der Waals surface area contributed by atoms with Crippen LogP contribution < -0.4 is 10.6 Å². The molecule has 2 amide bonds. The lowest BCUT2D eigenvalue weighted by molar-refractivity contribution is -0.133. The van der Waals surface area contributed by atoms with Crippen molar-refractivity contribution in [2.24, 2.45) is 0 Å². The first-order chi connectivity index (χ1) is 21.0. The van der Waals surface area contributed by atoms with Gasteiger partial charge in [-0.1, -0.05) is 96.9 Å². The zero-order valence-electron chi connectivity index (χ0n) is 25.5. The lowest BCUT2D eigenvalue weighted by atomic mass is 9.90. The van der Waals surface area contributed by atoms with Crippen molar-refractivity contribution >= 4 is 17.9 Å². The van der Waals surface area contributed by atoms with Gasteiger partial charge in [0.25, 0.3) is 0 Å². The number of nitrogens with zero attached hydrogens (tertiary/aromatic N) is 2. The molecule has 2 atom stereocenters. The highest BCUT2D eigenvalue weighted by molar-refractivity contribution is 5.91. The number of benzene rings is 3. The average Bonchev–Trinajstić information content (AvgIpc) is 3.20. The third-order valence-corrected chi connectivity index (χ3v) is 8.81. The number of carbonyl (C=O) groups is 2. The van der Waals surface area contributed by atoms with Crippen LogP contribution in [-0.4, -0.2) is 73.0 Å². The lowest BCUT2D eigenvalue weighted by Gasteiger charge is -2.31. The zero-order chi connectivity index (χ0) is 29.9. The SMILES string of the molecule is Cc1ccc(C=CC(=O)NC[C@@H]2CCN(CC(c3ccccc3)c3ccccc3)C(=O)[C@H](CCN3CCCCC3)N2)cc1. The van der Waals surface area contributed by atoms with Gasteiger partial charge in [0.1, 0.15) is 0 Å². The summed E-state index contributed by atoms with van der Waals surface area (Å²) in [6.07, 6.45) is 8.76. The van der Waals surface area contributed by atoms with E-state index < -0.39 is 0 Å². The first kappa shape index (κ1) is 30.7. The molecule has 0 bridgehead atoms. The molecule has 0 aliphatic carbocycles. The molecule has 2 aliphatic rings. The predicted molar refractivity (Wildman–Crippen MR) is 175 cm³/mol. The topological polar surface area (TPSA) is 64.7 Å². The van der Waals surface area contributed by atoms with Crippen molar-refractivity contribution in [1.82, 2.24) is 20.4 Å². The van der Waals surface area contributed by atoms with Crippen LogP contribution in [0.2, 0.25) is 0 Å². The van der Waals surface area contributed by atoms with E-state index in [1.165, 1.54) is 36.0 Å². The number of piperidine rings is 1. The fourth-order valence-electron chi connectivity index (χ4n) is 6.25. The maximum Gasteiger partial charge on any atom is 0.244 e. The van der Waals surface area contributed by atoms with Crippen molar-refractivity contribution in [2.45, 2.75) is 57.0 Å². The molecule has 2 heterocycles. The molecule has 0 saturated carbocycles.